The number of rotatable bonds is 5. The molecule has 0 fully saturated rings. The molecule has 0 bridgehead atoms. The van der Waals surface area contributed by atoms with Crippen molar-refractivity contribution in [2.45, 2.75) is 10.8 Å². The van der Waals surface area contributed by atoms with Gasteiger partial charge in [0.25, 0.3) is 0 Å². The summed E-state index contributed by atoms with van der Waals surface area (Å²) in [5.41, 5.74) is 0.968. The van der Waals surface area contributed by atoms with Crippen molar-refractivity contribution in [3.05, 3.63) is 66.0 Å². The summed E-state index contributed by atoms with van der Waals surface area (Å²) in [7, 11) is -3.43. The fourth-order valence-electron chi connectivity index (χ4n) is 1.96. The van der Waals surface area contributed by atoms with Crippen LogP contribution in [-0.4, -0.2) is 19.5 Å². The number of sulfone groups is 1. The minimum atomic E-state index is -3.43. The third kappa shape index (κ3) is 3.67. The smallest absolute Gasteiger partial charge is 0.179 e. The predicted octanol–water partition coefficient (Wildman–Crippen LogP) is 3.78. The van der Waals surface area contributed by atoms with Crippen molar-refractivity contribution in [3.63, 3.8) is 0 Å². The van der Waals surface area contributed by atoms with E-state index in [2.05, 4.69) is 15.9 Å². The standard InChI is InChI=1S/C15H14BrFO2S/c16-10-13(12-4-2-1-3-5-12)11-20(18,19)15-8-6-14(17)7-9-15/h1-9,13H,10-11H2. The molecular weight excluding hydrogens is 343 g/mol. The van der Waals surface area contributed by atoms with Gasteiger partial charge in [-0.15, -0.1) is 0 Å². The quantitative estimate of drug-likeness (QED) is 0.603. The van der Waals surface area contributed by atoms with Gasteiger partial charge in [-0.1, -0.05) is 46.3 Å². The van der Waals surface area contributed by atoms with Crippen molar-refractivity contribution in [2.24, 2.45) is 0 Å². The van der Waals surface area contributed by atoms with Crippen LogP contribution in [0.25, 0.3) is 0 Å². The van der Waals surface area contributed by atoms with E-state index in [9.17, 15) is 12.8 Å². The van der Waals surface area contributed by atoms with E-state index in [0.717, 1.165) is 5.56 Å². The Morgan fingerprint density at radius 3 is 2.15 bits per heavy atom. The van der Waals surface area contributed by atoms with Crippen LogP contribution in [0.5, 0.6) is 0 Å². The van der Waals surface area contributed by atoms with Crippen molar-refractivity contribution < 1.29 is 12.8 Å². The molecule has 0 aromatic heterocycles. The van der Waals surface area contributed by atoms with E-state index >= 15 is 0 Å². The van der Waals surface area contributed by atoms with Crippen LogP contribution in [-0.2, 0) is 9.84 Å². The summed E-state index contributed by atoms with van der Waals surface area (Å²) < 4.78 is 37.6. The van der Waals surface area contributed by atoms with Gasteiger partial charge in [-0.2, -0.15) is 0 Å². The van der Waals surface area contributed by atoms with Crippen molar-refractivity contribution in [1.82, 2.24) is 0 Å². The maximum Gasteiger partial charge on any atom is 0.179 e. The average Bonchev–Trinajstić information content (AvgIpc) is 2.46. The SMILES string of the molecule is O=S(=O)(CC(CBr)c1ccccc1)c1ccc(F)cc1. The Morgan fingerprint density at radius 1 is 1.00 bits per heavy atom. The van der Waals surface area contributed by atoms with Gasteiger partial charge in [0.05, 0.1) is 10.6 Å². The first kappa shape index (κ1) is 15.2. The summed E-state index contributed by atoms with van der Waals surface area (Å²) in [6.45, 7) is 0. The minimum absolute atomic E-state index is 0.00606. The van der Waals surface area contributed by atoms with E-state index in [0.29, 0.717) is 5.33 Å². The maximum atomic E-state index is 12.9. The van der Waals surface area contributed by atoms with E-state index < -0.39 is 15.7 Å². The van der Waals surface area contributed by atoms with Crippen molar-refractivity contribution in [2.75, 3.05) is 11.1 Å². The second-order valence-corrected chi connectivity index (χ2v) is 7.18. The highest BCUT2D eigenvalue weighted by Gasteiger charge is 2.21. The van der Waals surface area contributed by atoms with Crippen LogP contribution in [0.1, 0.15) is 11.5 Å². The lowest BCUT2D eigenvalue weighted by atomic mass is 10.0. The Kier molecular flexibility index (Phi) is 4.94. The van der Waals surface area contributed by atoms with Crippen molar-refractivity contribution in [1.29, 1.82) is 0 Å². The lowest BCUT2D eigenvalue weighted by Crippen LogP contribution is -2.16. The Hall–Kier alpha value is -1.20. The summed E-state index contributed by atoms with van der Waals surface area (Å²) in [5, 5.41) is 0.553. The fraction of sp³-hybridized carbons (Fsp3) is 0.200. The topological polar surface area (TPSA) is 34.1 Å². The van der Waals surface area contributed by atoms with Crippen LogP contribution in [0.4, 0.5) is 4.39 Å². The number of halogens is 2. The zero-order valence-electron chi connectivity index (χ0n) is 10.7. The zero-order chi connectivity index (χ0) is 14.6. The molecule has 0 N–H and O–H groups in total. The summed E-state index contributed by atoms with van der Waals surface area (Å²) in [6, 6.07) is 14.4. The van der Waals surface area contributed by atoms with E-state index in [4.69, 9.17) is 0 Å². The van der Waals surface area contributed by atoms with E-state index in [-0.39, 0.29) is 16.6 Å². The molecule has 1 atom stereocenters. The van der Waals surface area contributed by atoms with Crippen molar-refractivity contribution in [3.8, 4) is 0 Å². The first-order valence-corrected chi connectivity index (χ1v) is 8.89. The van der Waals surface area contributed by atoms with Gasteiger partial charge in [0.1, 0.15) is 5.82 Å². The number of hydrogen-bond donors (Lipinski definition) is 0. The van der Waals surface area contributed by atoms with E-state index in [1.54, 1.807) is 0 Å². The highest BCUT2D eigenvalue weighted by atomic mass is 79.9. The fourth-order valence-corrected chi connectivity index (χ4v) is 4.45. The van der Waals surface area contributed by atoms with Crippen LogP contribution in [0.15, 0.2) is 59.5 Å². The number of alkyl halides is 1. The monoisotopic (exact) mass is 356 g/mol. The molecule has 2 aromatic rings. The second kappa shape index (κ2) is 6.50. The van der Waals surface area contributed by atoms with Gasteiger partial charge >= 0.3 is 0 Å². The molecule has 0 radical (unpaired) electrons. The van der Waals surface area contributed by atoms with Gasteiger partial charge in [0, 0.05) is 11.2 Å². The summed E-state index contributed by atoms with van der Waals surface area (Å²) >= 11 is 3.36. The molecule has 2 rings (SSSR count). The molecule has 0 aliphatic rings. The molecular formula is C15H14BrFO2S. The van der Waals surface area contributed by atoms with Crippen LogP contribution >= 0.6 is 15.9 Å². The molecule has 0 spiro atoms. The Balaban J connectivity index is 2.24. The Morgan fingerprint density at radius 2 is 1.60 bits per heavy atom. The molecule has 106 valence electrons. The largest absolute Gasteiger partial charge is 0.224 e. The van der Waals surface area contributed by atoms with Crippen LogP contribution in [0.2, 0.25) is 0 Å². The van der Waals surface area contributed by atoms with E-state index in [1.807, 2.05) is 30.3 Å². The zero-order valence-corrected chi connectivity index (χ0v) is 13.1. The van der Waals surface area contributed by atoms with Crippen LogP contribution < -0.4 is 0 Å². The molecule has 5 heteroatoms. The highest BCUT2D eigenvalue weighted by molar-refractivity contribution is 9.09. The van der Waals surface area contributed by atoms with Gasteiger partial charge in [-0.3, -0.25) is 0 Å². The molecule has 0 amide bonds. The van der Waals surface area contributed by atoms with Gasteiger partial charge in [-0.05, 0) is 29.8 Å². The third-order valence-corrected chi connectivity index (χ3v) is 5.66. The molecule has 20 heavy (non-hydrogen) atoms. The van der Waals surface area contributed by atoms with Gasteiger partial charge < -0.3 is 0 Å². The Labute approximate surface area is 126 Å². The highest BCUT2D eigenvalue weighted by Crippen LogP contribution is 2.23. The summed E-state index contributed by atoms with van der Waals surface area (Å²) in [5.74, 6) is -0.580. The van der Waals surface area contributed by atoms with Gasteiger partial charge in [0.2, 0.25) is 0 Å². The van der Waals surface area contributed by atoms with E-state index in [1.165, 1.54) is 24.3 Å². The molecule has 0 saturated carbocycles. The first-order valence-electron chi connectivity index (χ1n) is 6.12. The first-order chi connectivity index (χ1) is 9.53. The molecule has 1 unspecified atom stereocenters. The second-order valence-electron chi connectivity index (χ2n) is 4.50. The van der Waals surface area contributed by atoms with Gasteiger partial charge in [-0.25, -0.2) is 12.8 Å². The van der Waals surface area contributed by atoms with Crippen molar-refractivity contribution >= 4 is 25.8 Å². The number of benzene rings is 2. The lowest BCUT2D eigenvalue weighted by molar-refractivity contribution is 0.590. The molecule has 0 saturated heterocycles. The molecule has 2 aromatic carbocycles. The number of hydrogen-bond acceptors (Lipinski definition) is 2. The lowest BCUT2D eigenvalue weighted by Gasteiger charge is -2.15. The molecule has 0 heterocycles. The average molecular weight is 357 g/mol. The Bertz CT molecular complexity index is 654. The van der Waals surface area contributed by atoms with Crippen LogP contribution in [0.3, 0.4) is 0 Å². The molecule has 0 aliphatic heterocycles. The third-order valence-electron chi connectivity index (χ3n) is 3.05. The predicted molar refractivity (Wildman–Crippen MR) is 81.4 cm³/mol. The van der Waals surface area contributed by atoms with Gasteiger partial charge in [0.15, 0.2) is 9.84 Å². The normalized spacial score (nSPS) is 13.1. The molecule has 0 aliphatic carbocycles. The minimum Gasteiger partial charge on any atom is -0.224 e. The van der Waals surface area contributed by atoms with Crippen LogP contribution in [0, 0.1) is 5.82 Å². The molecule has 2 nitrogen and oxygen atoms in total. The summed E-state index contributed by atoms with van der Waals surface area (Å²) in [6.07, 6.45) is 0. The maximum absolute atomic E-state index is 12.9. The summed E-state index contributed by atoms with van der Waals surface area (Å²) in [4.78, 5) is 0.154.